The van der Waals surface area contributed by atoms with Gasteiger partial charge in [0.05, 0.1) is 11.6 Å². The first-order valence-corrected chi connectivity index (χ1v) is 10.00. The summed E-state index contributed by atoms with van der Waals surface area (Å²) in [6.07, 6.45) is 4.79. The fraction of sp³-hybridized carbons (Fsp3) is 0.600. The van der Waals surface area contributed by atoms with Crippen LogP contribution in [0.5, 0.6) is 5.75 Å². The summed E-state index contributed by atoms with van der Waals surface area (Å²) in [5.41, 5.74) is -0.0992. The summed E-state index contributed by atoms with van der Waals surface area (Å²) in [6.45, 7) is 1.99. The number of nitrogens with one attached hydrogen (secondary N) is 1. The van der Waals surface area contributed by atoms with Gasteiger partial charge in [0, 0.05) is 31.0 Å². The van der Waals surface area contributed by atoms with Crippen LogP contribution in [-0.2, 0) is 9.59 Å². The Morgan fingerprint density at radius 1 is 1.33 bits per heavy atom. The van der Waals surface area contributed by atoms with Crippen molar-refractivity contribution in [3.8, 4) is 5.75 Å². The third-order valence-corrected chi connectivity index (χ3v) is 6.45. The molecule has 1 aromatic rings. The summed E-state index contributed by atoms with van der Waals surface area (Å²) in [4.78, 5) is 26.1. The zero-order valence-corrected chi connectivity index (χ0v) is 15.9. The molecule has 3 aliphatic rings. The van der Waals surface area contributed by atoms with Crippen molar-refractivity contribution in [3.63, 3.8) is 0 Å². The van der Waals surface area contributed by atoms with Crippen molar-refractivity contribution in [2.24, 2.45) is 11.8 Å². The van der Waals surface area contributed by atoms with Gasteiger partial charge in [-0.2, -0.15) is 0 Å². The molecular weight excluding hydrogens is 371 g/mol. The van der Waals surface area contributed by atoms with Gasteiger partial charge in [0.15, 0.2) is 0 Å². The van der Waals surface area contributed by atoms with E-state index in [1.807, 2.05) is 4.90 Å². The highest BCUT2D eigenvalue weighted by Crippen LogP contribution is 2.45. The number of hydrogen-bond acceptors (Lipinski definition) is 3. The van der Waals surface area contributed by atoms with Crippen LogP contribution in [0.4, 0.5) is 4.39 Å². The van der Waals surface area contributed by atoms with Gasteiger partial charge in [-0.25, -0.2) is 4.39 Å². The Morgan fingerprint density at radius 2 is 2.07 bits per heavy atom. The Labute approximate surface area is 163 Å². The van der Waals surface area contributed by atoms with Crippen LogP contribution < -0.4 is 10.1 Å². The molecule has 2 heterocycles. The van der Waals surface area contributed by atoms with Crippen LogP contribution >= 0.6 is 11.6 Å². The number of halogens is 2. The highest BCUT2D eigenvalue weighted by molar-refractivity contribution is 6.32. The number of rotatable bonds is 4. The summed E-state index contributed by atoms with van der Waals surface area (Å²) < 4.78 is 18.8. The summed E-state index contributed by atoms with van der Waals surface area (Å²) in [5, 5.41) is 3.32. The maximum Gasteiger partial charge on any atom is 0.225 e. The second-order valence-corrected chi connectivity index (χ2v) is 8.50. The number of piperidine rings is 1. The van der Waals surface area contributed by atoms with Crippen LogP contribution in [-0.4, -0.2) is 41.9 Å². The van der Waals surface area contributed by atoms with Crippen LogP contribution in [0.3, 0.4) is 0 Å². The number of hydrogen-bond donors (Lipinski definition) is 1. The molecule has 1 N–H and O–H groups in total. The predicted molar refractivity (Wildman–Crippen MR) is 99.0 cm³/mol. The SMILES string of the molecule is O=C1CC[C@]2(C[C@H](C(=O)N3CCC(COc4ccc(F)cc4Cl)CC3)C2)N1. The zero-order valence-electron chi connectivity index (χ0n) is 15.2. The van der Waals surface area contributed by atoms with Crippen molar-refractivity contribution in [2.75, 3.05) is 19.7 Å². The Kier molecular flexibility index (Phi) is 5.01. The third kappa shape index (κ3) is 3.91. The lowest BCUT2D eigenvalue weighted by Gasteiger charge is -2.46. The third-order valence-electron chi connectivity index (χ3n) is 6.15. The highest BCUT2D eigenvalue weighted by Gasteiger charge is 2.51. The van der Waals surface area contributed by atoms with Crippen molar-refractivity contribution in [3.05, 3.63) is 29.0 Å². The zero-order chi connectivity index (χ0) is 19.0. The minimum absolute atomic E-state index is 0.0502. The van der Waals surface area contributed by atoms with Gasteiger partial charge in [0.2, 0.25) is 11.8 Å². The molecular formula is C20H24ClFN2O3. The Bertz CT molecular complexity index is 743. The van der Waals surface area contributed by atoms with Gasteiger partial charge in [-0.15, -0.1) is 0 Å². The van der Waals surface area contributed by atoms with Crippen molar-refractivity contribution < 1.29 is 18.7 Å². The maximum atomic E-state index is 13.1. The largest absolute Gasteiger partial charge is 0.492 e. The number of ether oxygens (including phenoxy) is 1. The van der Waals surface area contributed by atoms with E-state index in [1.165, 1.54) is 12.1 Å². The van der Waals surface area contributed by atoms with Crippen LogP contribution in [0.2, 0.25) is 5.02 Å². The van der Waals surface area contributed by atoms with Gasteiger partial charge < -0.3 is 15.0 Å². The molecule has 3 fully saturated rings. The number of nitrogens with zero attached hydrogens (tertiary/aromatic N) is 1. The molecule has 0 aromatic heterocycles. The molecule has 0 radical (unpaired) electrons. The molecule has 1 aromatic carbocycles. The number of benzene rings is 1. The molecule has 146 valence electrons. The van der Waals surface area contributed by atoms with E-state index in [9.17, 15) is 14.0 Å². The first kappa shape index (κ1) is 18.5. The molecule has 1 saturated carbocycles. The molecule has 1 spiro atoms. The number of carbonyl (C=O) groups excluding carboxylic acids is 2. The fourth-order valence-corrected chi connectivity index (χ4v) is 4.74. The average molecular weight is 395 g/mol. The van der Waals surface area contributed by atoms with E-state index in [4.69, 9.17) is 16.3 Å². The number of likely N-dealkylation sites (tertiary alicyclic amines) is 1. The Hall–Kier alpha value is -1.82. The van der Waals surface area contributed by atoms with E-state index >= 15 is 0 Å². The Balaban J connectivity index is 1.21. The van der Waals surface area contributed by atoms with Crippen LogP contribution in [0.15, 0.2) is 18.2 Å². The lowest BCUT2D eigenvalue weighted by molar-refractivity contribution is -0.143. The average Bonchev–Trinajstić information content (AvgIpc) is 3.02. The molecule has 4 rings (SSSR count). The van der Waals surface area contributed by atoms with Gasteiger partial charge in [-0.1, -0.05) is 11.6 Å². The summed E-state index contributed by atoms with van der Waals surface area (Å²) in [7, 11) is 0. The Morgan fingerprint density at radius 3 is 2.70 bits per heavy atom. The van der Waals surface area contributed by atoms with E-state index in [0.717, 1.165) is 45.2 Å². The molecule has 1 aliphatic carbocycles. The van der Waals surface area contributed by atoms with Gasteiger partial charge >= 0.3 is 0 Å². The quantitative estimate of drug-likeness (QED) is 0.853. The summed E-state index contributed by atoms with van der Waals surface area (Å²) >= 11 is 5.99. The molecule has 5 nitrogen and oxygen atoms in total. The molecule has 0 atom stereocenters. The number of carbonyl (C=O) groups is 2. The predicted octanol–water partition coefficient (Wildman–Crippen LogP) is 3.16. The normalized spacial score (nSPS) is 28.1. The van der Waals surface area contributed by atoms with E-state index < -0.39 is 0 Å². The van der Waals surface area contributed by atoms with Crippen molar-refractivity contribution in [2.45, 2.75) is 44.1 Å². The molecule has 0 unspecified atom stereocenters. The fourth-order valence-electron chi connectivity index (χ4n) is 4.52. The molecule has 7 heteroatoms. The first-order valence-electron chi connectivity index (χ1n) is 9.62. The van der Waals surface area contributed by atoms with E-state index in [1.54, 1.807) is 6.07 Å². The van der Waals surface area contributed by atoms with Crippen molar-refractivity contribution in [1.29, 1.82) is 0 Å². The van der Waals surface area contributed by atoms with Crippen molar-refractivity contribution in [1.82, 2.24) is 10.2 Å². The maximum absolute atomic E-state index is 13.1. The minimum Gasteiger partial charge on any atom is -0.492 e. The smallest absolute Gasteiger partial charge is 0.225 e. The lowest BCUT2D eigenvalue weighted by atomic mass is 9.67. The highest BCUT2D eigenvalue weighted by atomic mass is 35.5. The second kappa shape index (κ2) is 7.30. The van der Waals surface area contributed by atoms with Gasteiger partial charge in [-0.05, 0) is 56.2 Å². The first-order chi connectivity index (χ1) is 12.9. The molecule has 0 bridgehead atoms. The molecule has 2 aliphatic heterocycles. The van der Waals surface area contributed by atoms with Crippen LogP contribution in [0, 0.1) is 17.7 Å². The van der Waals surface area contributed by atoms with Gasteiger partial charge in [0.25, 0.3) is 0 Å². The topological polar surface area (TPSA) is 58.6 Å². The molecule has 2 amide bonds. The monoisotopic (exact) mass is 394 g/mol. The van der Waals surface area contributed by atoms with E-state index in [0.29, 0.717) is 24.7 Å². The van der Waals surface area contributed by atoms with Gasteiger partial charge in [0.1, 0.15) is 11.6 Å². The van der Waals surface area contributed by atoms with Gasteiger partial charge in [-0.3, -0.25) is 9.59 Å². The van der Waals surface area contributed by atoms with Crippen LogP contribution in [0.25, 0.3) is 0 Å². The number of amides is 2. The van der Waals surface area contributed by atoms with E-state index in [2.05, 4.69) is 5.32 Å². The summed E-state index contributed by atoms with van der Waals surface area (Å²) in [5.74, 6) is 0.862. The molecule has 27 heavy (non-hydrogen) atoms. The van der Waals surface area contributed by atoms with E-state index in [-0.39, 0.29) is 34.1 Å². The lowest BCUT2D eigenvalue weighted by Crippen LogP contribution is -2.57. The molecule has 2 saturated heterocycles. The van der Waals surface area contributed by atoms with Crippen LogP contribution in [0.1, 0.15) is 38.5 Å². The minimum atomic E-state index is -0.380. The summed E-state index contributed by atoms with van der Waals surface area (Å²) in [6, 6.07) is 4.13. The standard InChI is InChI=1S/C20H24ClFN2O3/c21-16-9-15(22)1-2-17(16)27-12-13-4-7-24(8-5-13)19(26)14-10-20(11-14)6-3-18(25)23-20/h1-2,9,13-14H,3-8,10-12H2,(H,23,25)/t14-,20+. The second-order valence-electron chi connectivity index (χ2n) is 8.09. The van der Waals surface area contributed by atoms with Crippen molar-refractivity contribution >= 4 is 23.4 Å².